The van der Waals surface area contributed by atoms with Crippen LogP contribution in [0.1, 0.15) is 40.6 Å². The maximum Gasteiger partial charge on any atom is 0.211 e. The lowest BCUT2D eigenvalue weighted by Gasteiger charge is -2.13. The number of aromatic nitrogens is 2. The van der Waals surface area contributed by atoms with E-state index in [0.29, 0.717) is 16.8 Å². The lowest BCUT2D eigenvalue weighted by Crippen LogP contribution is -2.15. The number of aryl methyl sites for hydroxylation is 2. The highest BCUT2D eigenvalue weighted by Gasteiger charge is 2.21. The van der Waals surface area contributed by atoms with Crippen LogP contribution in [0.5, 0.6) is 0 Å². The molecule has 0 amide bonds. The van der Waals surface area contributed by atoms with Crippen molar-refractivity contribution in [2.45, 2.75) is 44.3 Å². The van der Waals surface area contributed by atoms with Gasteiger partial charge in [-0.3, -0.25) is 9.59 Å². The molecule has 0 fully saturated rings. The maximum absolute atomic E-state index is 12.9. The summed E-state index contributed by atoms with van der Waals surface area (Å²) < 4.78 is 2.08. The molecule has 1 aromatic carbocycles. The Labute approximate surface area is 160 Å². The second-order valence-electron chi connectivity index (χ2n) is 6.41. The Morgan fingerprint density at radius 2 is 2.00 bits per heavy atom. The Bertz CT molecular complexity index is 1020. The molecule has 134 valence electrons. The van der Waals surface area contributed by atoms with E-state index in [9.17, 15) is 9.59 Å². The molecule has 1 aliphatic carbocycles. The van der Waals surface area contributed by atoms with Crippen LogP contribution in [0.2, 0.25) is 0 Å². The van der Waals surface area contributed by atoms with Crippen LogP contribution in [0.25, 0.3) is 10.3 Å². The number of fused-ring (bicyclic) bond motifs is 2. The number of carbonyl (C=O) groups excluding carboxylic acids is 1. The zero-order chi connectivity index (χ0) is 18.1. The molecular weight excluding hydrogens is 364 g/mol. The van der Waals surface area contributed by atoms with E-state index in [4.69, 9.17) is 0 Å². The third kappa shape index (κ3) is 3.12. The lowest BCUT2D eigenvalue weighted by atomic mass is 9.98. The molecule has 0 unspecified atom stereocenters. The van der Waals surface area contributed by atoms with Crippen LogP contribution in [-0.2, 0) is 19.4 Å². The molecule has 0 atom stereocenters. The minimum Gasteiger partial charge on any atom is -0.311 e. The first-order valence-corrected chi connectivity index (χ1v) is 10.8. The number of benzene rings is 1. The fraction of sp³-hybridized carbons (Fsp3) is 0.350. The number of ketones is 1. The van der Waals surface area contributed by atoms with Crippen molar-refractivity contribution in [3.63, 3.8) is 0 Å². The van der Waals surface area contributed by atoms with Crippen LogP contribution < -0.4 is 5.43 Å². The highest BCUT2D eigenvalue weighted by Crippen LogP contribution is 2.31. The Morgan fingerprint density at radius 1 is 1.23 bits per heavy atom. The molecule has 1 aliphatic rings. The summed E-state index contributed by atoms with van der Waals surface area (Å²) in [4.78, 5) is 32.1. The van der Waals surface area contributed by atoms with Gasteiger partial charge >= 0.3 is 0 Å². The fourth-order valence-corrected chi connectivity index (χ4v) is 5.76. The summed E-state index contributed by atoms with van der Waals surface area (Å²) in [5, 5.41) is 0.766. The van der Waals surface area contributed by atoms with Crippen LogP contribution in [0.3, 0.4) is 0 Å². The average molecular weight is 385 g/mol. The number of Topliss-reactive ketones (excluding diaryl/α,β-unsaturated/α-hetero) is 1. The number of carbonyl (C=O) groups is 1. The van der Waals surface area contributed by atoms with Crippen LogP contribution in [0, 0.1) is 0 Å². The second-order valence-corrected chi connectivity index (χ2v) is 8.44. The molecule has 0 N–H and O–H groups in total. The van der Waals surface area contributed by atoms with Crippen molar-refractivity contribution < 1.29 is 4.79 Å². The summed E-state index contributed by atoms with van der Waals surface area (Å²) in [5.74, 6) is 0.405. The van der Waals surface area contributed by atoms with E-state index in [1.807, 2.05) is 30.3 Å². The molecule has 2 heterocycles. The van der Waals surface area contributed by atoms with E-state index in [-0.39, 0.29) is 11.2 Å². The summed E-state index contributed by atoms with van der Waals surface area (Å²) >= 11 is 3.13. The monoisotopic (exact) mass is 384 g/mol. The molecule has 0 aliphatic heterocycles. The molecule has 0 spiro atoms. The van der Waals surface area contributed by atoms with Crippen LogP contribution >= 0.6 is 23.1 Å². The number of hydrogen-bond acceptors (Lipinski definition) is 5. The summed E-state index contributed by atoms with van der Waals surface area (Å²) in [7, 11) is 0. The first-order valence-electron chi connectivity index (χ1n) is 8.95. The van der Waals surface area contributed by atoms with E-state index in [2.05, 4.69) is 16.5 Å². The molecule has 6 heteroatoms. The molecule has 0 saturated carbocycles. The third-order valence-corrected chi connectivity index (χ3v) is 7.04. The Hall–Kier alpha value is -1.92. The average Bonchev–Trinajstić information content (AvgIpc) is 3.04. The van der Waals surface area contributed by atoms with Gasteiger partial charge in [0.15, 0.2) is 10.9 Å². The van der Waals surface area contributed by atoms with Gasteiger partial charge in [0.05, 0.1) is 5.75 Å². The van der Waals surface area contributed by atoms with Crippen LogP contribution in [0.4, 0.5) is 0 Å². The largest absolute Gasteiger partial charge is 0.311 e. The van der Waals surface area contributed by atoms with Crippen molar-refractivity contribution in [3.05, 3.63) is 56.6 Å². The van der Waals surface area contributed by atoms with Gasteiger partial charge in [-0.05, 0) is 32.6 Å². The normalized spacial score (nSPS) is 13.7. The first kappa shape index (κ1) is 17.5. The van der Waals surface area contributed by atoms with Gasteiger partial charge in [-0.2, -0.15) is 0 Å². The second kappa shape index (κ2) is 7.37. The lowest BCUT2D eigenvalue weighted by molar-refractivity contribution is 0.102. The summed E-state index contributed by atoms with van der Waals surface area (Å²) in [6.45, 7) is 2.80. The molecule has 3 aromatic rings. The molecule has 2 aromatic heterocycles. The standard InChI is InChI=1S/C20H20N2O2S2/c1-2-22-19-17(18(24)14-10-6-7-11-16(14)26-19)21-20(22)25-12-15(23)13-8-4-3-5-9-13/h3-5,8-9H,2,6-7,10-12H2,1H3. The summed E-state index contributed by atoms with van der Waals surface area (Å²) in [6.07, 6.45) is 4.10. The fourth-order valence-electron chi connectivity index (χ4n) is 3.39. The van der Waals surface area contributed by atoms with E-state index in [1.54, 1.807) is 11.3 Å². The zero-order valence-corrected chi connectivity index (χ0v) is 16.3. The van der Waals surface area contributed by atoms with Crippen LogP contribution in [0.15, 0.2) is 40.3 Å². The van der Waals surface area contributed by atoms with Gasteiger partial charge in [0.2, 0.25) is 5.43 Å². The first-order chi connectivity index (χ1) is 12.7. The summed E-state index contributed by atoms with van der Waals surface area (Å²) in [6, 6.07) is 9.30. The molecule has 26 heavy (non-hydrogen) atoms. The van der Waals surface area contributed by atoms with E-state index < -0.39 is 0 Å². The van der Waals surface area contributed by atoms with Gasteiger partial charge in [0, 0.05) is 22.5 Å². The van der Waals surface area contributed by atoms with Gasteiger partial charge < -0.3 is 4.57 Å². The predicted octanol–water partition coefficient (Wildman–Crippen LogP) is 4.33. The minimum atomic E-state index is 0.0793. The SMILES string of the molecule is CCn1c(SCC(=O)c2ccccc2)nc2c(=O)c3c(sc21)CCCC3. The Balaban J connectivity index is 1.68. The molecule has 4 rings (SSSR count). The topological polar surface area (TPSA) is 52.0 Å². The number of rotatable bonds is 5. The van der Waals surface area contributed by atoms with Gasteiger partial charge in [0.1, 0.15) is 10.3 Å². The van der Waals surface area contributed by atoms with Crippen molar-refractivity contribution in [1.82, 2.24) is 9.55 Å². The molecule has 0 radical (unpaired) electrons. The number of hydrogen-bond donors (Lipinski definition) is 0. The van der Waals surface area contributed by atoms with Crippen molar-refractivity contribution in [2.24, 2.45) is 0 Å². The minimum absolute atomic E-state index is 0.0793. The third-order valence-electron chi connectivity index (χ3n) is 4.76. The Morgan fingerprint density at radius 3 is 2.77 bits per heavy atom. The van der Waals surface area contributed by atoms with Crippen molar-refractivity contribution in [1.29, 1.82) is 0 Å². The maximum atomic E-state index is 12.9. The molecule has 0 saturated heterocycles. The van der Waals surface area contributed by atoms with Crippen molar-refractivity contribution in [2.75, 3.05) is 5.75 Å². The smallest absolute Gasteiger partial charge is 0.211 e. The molecule has 4 nitrogen and oxygen atoms in total. The van der Waals surface area contributed by atoms with Crippen molar-refractivity contribution in [3.8, 4) is 0 Å². The van der Waals surface area contributed by atoms with Gasteiger partial charge in [-0.15, -0.1) is 11.3 Å². The number of imidazole rings is 1. The number of nitrogens with zero attached hydrogens (tertiary/aromatic N) is 2. The van der Waals surface area contributed by atoms with Gasteiger partial charge in [-0.25, -0.2) is 4.98 Å². The van der Waals surface area contributed by atoms with E-state index in [1.165, 1.54) is 16.6 Å². The van der Waals surface area contributed by atoms with E-state index >= 15 is 0 Å². The predicted molar refractivity (Wildman–Crippen MR) is 108 cm³/mol. The van der Waals surface area contributed by atoms with E-state index in [0.717, 1.165) is 47.8 Å². The quantitative estimate of drug-likeness (QED) is 0.485. The highest BCUT2D eigenvalue weighted by atomic mass is 32.2. The Kier molecular flexibility index (Phi) is 4.96. The van der Waals surface area contributed by atoms with Crippen LogP contribution in [-0.4, -0.2) is 21.1 Å². The van der Waals surface area contributed by atoms with Gasteiger partial charge in [-0.1, -0.05) is 42.1 Å². The highest BCUT2D eigenvalue weighted by molar-refractivity contribution is 7.99. The zero-order valence-electron chi connectivity index (χ0n) is 14.7. The number of thioether (sulfide) groups is 1. The van der Waals surface area contributed by atoms with Gasteiger partial charge in [0.25, 0.3) is 0 Å². The molecule has 0 bridgehead atoms. The molecular formula is C20H20N2O2S2. The summed E-state index contributed by atoms with van der Waals surface area (Å²) in [5.41, 5.74) is 2.34. The van der Waals surface area contributed by atoms with Crippen molar-refractivity contribution >= 4 is 39.2 Å².